The molecule has 2 spiro atoms. The lowest BCUT2D eigenvalue weighted by Crippen LogP contribution is -2.47. The molecule has 4 aliphatic heterocycles. The van der Waals surface area contributed by atoms with Gasteiger partial charge in [-0.25, -0.2) is 19.6 Å². The quantitative estimate of drug-likeness (QED) is 0.0337. The number of aryl methyl sites for hydroxylation is 4. The maximum absolute atomic E-state index is 14.2. The first kappa shape index (κ1) is 63.7. The highest BCUT2D eigenvalue weighted by Gasteiger charge is 2.55. The normalized spacial score (nSPS) is 20.7. The first-order chi connectivity index (χ1) is 39.5. The molecule has 2 amide bonds. The minimum Gasteiger partial charge on any atom is -0.483 e. The molecule has 8 rings (SSSR count). The van der Waals surface area contributed by atoms with E-state index in [9.17, 15) is 33.9 Å². The average Bonchev–Trinajstić information content (AvgIpc) is 2.20. The van der Waals surface area contributed by atoms with Gasteiger partial charge in [-0.15, -0.1) is 13.2 Å². The Bertz CT molecular complexity index is 3010. The number of nitrogens with zero attached hydrogens (tertiary/aromatic N) is 4. The van der Waals surface area contributed by atoms with E-state index in [4.69, 9.17) is 33.7 Å². The highest BCUT2D eigenvalue weighted by Crippen LogP contribution is 2.47. The van der Waals surface area contributed by atoms with Gasteiger partial charge >= 0.3 is 23.9 Å². The van der Waals surface area contributed by atoms with E-state index in [0.717, 1.165) is 114 Å². The van der Waals surface area contributed by atoms with E-state index in [1.54, 1.807) is 25.7 Å². The number of aromatic nitrogens is 2. The molecule has 2 aromatic carbocycles. The summed E-state index contributed by atoms with van der Waals surface area (Å²) in [5.74, 6) is -2.68. The van der Waals surface area contributed by atoms with Gasteiger partial charge in [-0.1, -0.05) is 88.1 Å². The molecular weight excluding hydrogens is 1050 g/mol. The number of fused-ring (bicyclic) bond motifs is 6. The van der Waals surface area contributed by atoms with Crippen LogP contribution in [0.15, 0.2) is 73.8 Å². The lowest BCUT2D eigenvalue weighted by molar-refractivity contribution is -0.160. The number of esters is 3. The van der Waals surface area contributed by atoms with Gasteiger partial charge < -0.3 is 38.6 Å². The first-order valence-electron chi connectivity index (χ1n) is 30.2. The van der Waals surface area contributed by atoms with Crippen LogP contribution in [-0.4, -0.2) is 115 Å². The lowest BCUT2D eigenvalue weighted by atomic mass is 9.87. The molecule has 0 saturated carbocycles. The number of likely N-dealkylation sites (tertiary alicyclic amines) is 2. The third-order valence-corrected chi connectivity index (χ3v) is 16.4. The van der Waals surface area contributed by atoms with Crippen molar-refractivity contribution < 1.29 is 57.6 Å². The lowest BCUT2D eigenvalue weighted by Gasteiger charge is -2.37. The van der Waals surface area contributed by atoms with Crippen molar-refractivity contribution in [2.75, 3.05) is 20.2 Å². The van der Waals surface area contributed by atoms with E-state index in [-0.39, 0.29) is 44.2 Å². The van der Waals surface area contributed by atoms with Crippen molar-refractivity contribution in [1.29, 1.82) is 0 Å². The summed E-state index contributed by atoms with van der Waals surface area (Å²) in [6, 6.07) is 14.3. The van der Waals surface area contributed by atoms with Crippen LogP contribution in [0.3, 0.4) is 0 Å². The smallest absolute Gasteiger partial charge is 0.328 e. The Balaban J connectivity index is 0.000000239. The van der Waals surface area contributed by atoms with E-state index in [1.807, 2.05) is 82.3 Å². The van der Waals surface area contributed by atoms with E-state index >= 15 is 0 Å². The fourth-order valence-electron chi connectivity index (χ4n) is 12.5. The summed E-state index contributed by atoms with van der Waals surface area (Å²) in [7, 11) is 1.34. The summed E-state index contributed by atoms with van der Waals surface area (Å²) < 4.78 is 29.8. The van der Waals surface area contributed by atoms with Crippen LogP contribution in [-0.2, 0) is 68.7 Å². The highest BCUT2D eigenvalue weighted by atomic mass is 16.6. The van der Waals surface area contributed by atoms with Crippen molar-refractivity contribution in [2.45, 2.75) is 218 Å². The third kappa shape index (κ3) is 15.9. The van der Waals surface area contributed by atoms with Crippen LogP contribution >= 0.6 is 0 Å². The van der Waals surface area contributed by atoms with Gasteiger partial charge in [-0.05, 0) is 131 Å². The number of carbonyl (C=O) groups is 6. The minimum atomic E-state index is -1.06. The van der Waals surface area contributed by atoms with Crippen LogP contribution in [0.4, 0.5) is 0 Å². The molecule has 0 bridgehead atoms. The van der Waals surface area contributed by atoms with E-state index in [1.165, 1.54) is 12.0 Å². The fourth-order valence-corrected chi connectivity index (χ4v) is 12.5. The number of unbranched alkanes of at least 4 members (excludes halogenated alkanes) is 6. The number of amides is 2. The van der Waals surface area contributed by atoms with Crippen molar-refractivity contribution in [3.8, 4) is 11.5 Å². The van der Waals surface area contributed by atoms with Gasteiger partial charge in [-0.2, -0.15) is 0 Å². The molecule has 83 heavy (non-hydrogen) atoms. The molecule has 4 aliphatic rings. The van der Waals surface area contributed by atoms with E-state index in [0.29, 0.717) is 51.4 Å². The summed E-state index contributed by atoms with van der Waals surface area (Å²) in [6.07, 6.45) is 16.4. The number of ether oxygens (including phenoxy) is 5. The molecule has 2 fully saturated rings. The Labute approximate surface area is 491 Å². The maximum atomic E-state index is 14.2. The predicted octanol–water partition coefficient (Wildman–Crippen LogP) is 12.2. The van der Waals surface area contributed by atoms with Crippen LogP contribution in [0.5, 0.6) is 11.5 Å². The number of benzene rings is 2. The molecule has 2 saturated heterocycles. The molecule has 450 valence electrons. The summed E-state index contributed by atoms with van der Waals surface area (Å²) >= 11 is 0. The number of carboxylic acid groups (broad SMARTS) is 1. The molecule has 0 aliphatic carbocycles. The number of pyridine rings is 2. The van der Waals surface area contributed by atoms with Crippen LogP contribution < -0.4 is 9.47 Å². The molecule has 1 N–H and O–H groups in total. The monoisotopic (exact) mass is 1140 g/mol. The third-order valence-electron chi connectivity index (χ3n) is 16.4. The Morgan fingerprint density at radius 1 is 0.651 bits per heavy atom. The molecule has 4 aromatic rings. The van der Waals surface area contributed by atoms with E-state index in [2.05, 4.69) is 26.1 Å². The van der Waals surface area contributed by atoms with E-state index < -0.39 is 70.2 Å². The SMILES string of the molecule is C=CCCCCC[C@H](CC(=O)OC(C)(C)C)C(=O)N1C[C@@]2(CCc3c(c(CC)nc4ccccc34)O2)C[C@H]1C(=O)O.C=CCCCCC[C@H](CC(=O)OC(C)(C)C)C(=O)N1C[C@@]2(CCc3c(c(CC)nc4ccccc34)O2)C[C@H]1C(=O)OC. The largest absolute Gasteiger partial charge is 0.483 e. The molecule has 0 unspecified atom stereocenters. The molecule has 6 atom stereocenters. The van der Waals surface area contributed by atoms with Gasteiger partial charge in [0.05, 0.1) is 55.5 Å². The number of hydrogen-bond acceptors (Lipinski definition) is 13. The van der Waals surface area contributed by atoms with Crippen molar-refractivity contribution in [3.05, 3.63) is 96.4 Å². The molecule has 2 aromatic heterocycles. The van der Waals surface area contributed by atoms with Crippen LogP contribution in [0, 0.1) is 11.8 Å². The topological polar surface area (TPSA) is 201 Å². The zero-order chi connectivity index (χ0) is 60.3. The fraction of sp³-hybridized carbons (Fsp3) is 0.582. The Morgan fingerprint density at radius 2 is 1.06 bits per heavy atom. The van der Waals surface area contributed by atoms with Crippen molar-refractivity contribution in [1.82, 2.24) is 19.8 Å². The van der Waals surface area contributed by atoms with Gasteiger partial charge in [0.1, 0.15) is 46.0 Å². The molecular formula is C67H90N4O12. The van der Waals surface area contributed by atoms with Crippen LogP contribution in [0.2, 0.25) is 0 Å². The predicted molar refractivity (Wildman–Crippen MR) is 320 cm³/mol. The second-order valence-corrected chi connectivity index (χ2v) is 25.1. The number of aliphatic carboxylic acids is 1. The first-order valence-corrected chi connectivity index (χ1v) is 30.2. The summed E-state index contributed by atoms with van der Waals surface area (Å²) in [6.45, 7) is 22.9. The van der Waals surface area contributed by atoms with Gasteiger partial charge in [0.2, 0.25) is 11.8 Å². The standard InChI is InChI=1S/C34H46N2O6.C33H44N2O6/c1-7-9-10-11-12-15-23(20-29(37)41-33(3,4)5)31(38)36-22-34(21-28(36)32(39)40-6)19-18-25-24-16-13-14-17-27(24)35-26(8-2)30(25)42-34;1-6-8-9-10-11-14-22(19-28(36)40-32(3,4)5)30(37)35-21-33(20-27(35)31(38)39)18-17-24-23-15-12-13-16-26(23)34-25(7-2)29(24)41-33/h7,13-14,16-17,23,28H,1,8-12,15,18-22H2,2-6H3;6,12-13,15-16,22,27H,1,7-11,14,17-21H2,2-5H3,(H,38,39)/t23-,28+,34-;22-,27+,33-/m11/s1. The second kappa shape index (κ2) is 27.7. The Morgan fingerprint density at radius 3 is 1.45 bits per heavy atom. The van der Waals surface area contributed by atoms with Gasteiger partial charge in [0.15, 0.2) is 0 Å². The summed E-state index contributed by atoms with van der Waals surface area (Å²) in [5.41, 5.74) is 2.93. The average molecular weight is 1140 g/mol. The summed E-state index contributed by atoms with van der Waals surface area (Å²) in [4.78, 5) is 92.2. The maximum Gasteiger partial charge on any atom is 0.328 e. The second-order valence-electron chi connectivity index (χ2n) is 25.1. The zero-order valence-corrected chi connectivity index (χ0v) is 50.8. The van der Waals surface area contributed by atoms with Crippen molar-refractivity contribution >= 4 is 57.5 Å². The number of para-hydroxylation sites is 2. The number of carboxylic acids is 1. The Kier molecular flexibility index (Phi) is 21.3. The number of rotatable bonds is 22. The minimum absolute atomic E-state index is 0.0332. The van der Waals surface area contributed by atoms with Crippen molar-refractivity contribution in [3.63, 3.8) is 0 Å². The number of hydrogen-bond donors (Lipinski definition) is 1. The van der Waals surface area contributed by atoms with Gasteiger partial charge in [0, 0.05) is 46.6 Å². The van der Waals surface area contributed by atoms with Crippen LogP contribution in [0.25, 0.3) is 21.8 Å². The molecule has 16 nitrogen and oxygen atoms in total. The number of allylic oxidation sites excluding steroid dienone is 2. The highest BCUT2D eigenvalue weighted by molar-refractivity contribution is 5.91. The van der Waals surface area contributed by atoms with Crippen LogP contribution in [0.1, 0.15) is 181 Å². The number of methoxy groups -OCH3 is 1. The molecule has 16 heteroatoms. The van der Waals surface area contributed by atoms with Crippen molar-refractivity contribution in [2.24, 2.45) is 11.8 Å². The van der Waals surface area contributed by atoms with Gasteiger partial charge in [0.25, 0.3) is 0 Å². The Hall–Kier alpha value is -6.84. The molecule has 6 heterocycles. The zero-order valence-electron chi connectivity index (χ0n) is 50.8. The molecule has 0 radical (unpaired) electrons. The summed E-state index contributed by atoms with van der Waals surface area (Å²) in [5, 5.41) is 12.3. The van der Waals surface area contributed by atoms with Gasteiger partial charge in [-0.3, -0.25) is 19.2 Å². The number of carbonyl (C=O) groups excluding carboxylic acids is 5.